The molecule has 2 heteroatoms. The first-order valence-electron chi connectivity index (χ1n) is 22.5. The van der Waals surface area contributed by atoms with Gasteiger partial charge in [0.05, 0.1) is 16.8 Å². The summed E-state index contributed by atoms with van der Waals surface area (Å²) in [5.74, 6) is 0.737. The van der Waals surface area contributed by atoms with E-state index in [1.54, 1.807) is 0 Å². The van der Waals surface area contributed by atoms with Crippen molar-refractivity contribution in [3.05, 3.63) is 257 Å². The number of amidine groups is 1. The van der Waals surface area contributed by atoms with E-state index < -0.39 is 5.41 Å². The van der Waals surface area contributed by atoms with Crippen molar-refractivity contribution in [1.82, 2.24) is 0 Å². The lowest BCUT2D eigenvalue weighted by molar-refractivity contribution is 0.794. The van der Waals surface area contributed by atoms with Crippen LogP contribution in [0.25, 0.3) is 71.4 Å². The molecule has 0 saturated heterocycles. The van der Waals surface area contributed by atoms with Gasteiger partial charge in [-0.15, -0.1) is 0 Å². The third kappa shape index (κ3) is 5.33. The molecule has 10 aromatic carbocycles. The predicted molar refractivity (Wildman–Crippen MR) is 268 cm³/mol. The number of hydrogen-bond acceptors (Lipinski definition) is 2. The maximum absolute atomic E-state index is 5.51. The third-order valence-electron chi connectivity index (χ3n) is 14.2. The van der Waals surface area contributed by atoms with E-state index in [1.807, 2.05) is 0 Å². The van der Waals surface area contributed by atoms with E-state index in [1.165, 1.54) is 93.5 Å². The molecular formula is C62H42N2. The monoisotopic (exact) mass is 814 g/mol. The van der Waals surface area contributed by atoms with E-state index in [2.05, 4.69) is 219 Å². The molecule has 0 amide bonds. The Balaban J connectivity index is 1.06. The van der Waals surface area contributed by atoms with Gasteiger partial charge in [0.1, 0.15) is 0 Å². The van der Waals surface area contributed by atoms with Crippen LogP contribution >= 0.6 is 0 Å². The van der Waals surface area contributed by atoms with E-state index in [-0.39, 0.29) is 0 Å². The van der Waals surface area contributed by atoms with E-state index in [0.29, 0.717) is 0 Å². The standard InChI is InChI=1S/C62H42N2/c1-39-31-36-58(40-17-4-2-5-18-40)63-61(41-19-6-3-7-20-41)64-60(39)43-33-34-47-45-21-8-9-22-46(45)52-27-16-26-44(59(52)53(47)37-43)42-32-35-51-50-25-12-15-30-56(50)62(57(51)38-42)54-28-13-10-23-48(54)49-24-11-14-29-55(49)62/h2-30,32-35,37-38H,31,36H2,1H3/b60-39+,63-58?,64-61?. The molecule has 2 nitrogen and oxygen atoms in total. The zero-order chi connectivity index (χ0) is 42.4. The van der Waals surface area contributed by atoms with Crippen LogP contribution in [-0.2, 0) is 5.41 Å². The molecule has 0 unspecified atom stereocenters. The Labute approximate surface area is 373 Å². The van der Waals surface area contributed by atoms with Crippen LogP contribution in [0.4, 0.5) is 0 Å². The highest BCUT2D eigenvalue weighted by atomic mass is 14.9. The van der Waals surface area contributed by atoms with Gasteiger partial charge < -0.3 is 0 Å². The Morgan fingerprint density at radius 3 is 1.53 bits per heavy atom. The summed E-state index contributed by atoms with van der Waals surface area (Å²) in [7, 11) is 0. The maximum atomic E-state index is 5.51. The van der Waals surface area contributed by atoms with Gasteiger partial charge in [0.2, 0.25) is 0 Å². The smallest absolute Gasteiger partial charge is 0.160 e. The molecule has 0 atom stereocenters. The summed E-state index contributed by atoms with van der Waals surface area (Å²) in [6.45, 7) is 2.25. The van der Waals surface area contributed by atoms with E-state index in [0.717, 1.165) is 46.8 Å². The summed E-state index contributed by atoms with van der Waals surface area (Å²) in [5, 5.41) is 7.49. The summed E-state index contributed by atoms with van der Waals surface area (Å²) < 4.78 is 0. The summed E-state index contributed by atoms with van der Waals surface area (Å²) in [6.07, 6.45) is 1.69. The van der Waals surface area contributed by atoms with Crippen LogP contribution < -0.4 is 0 Å². The highest BCUT2D eigenvalue weighted by Gasteiger charge is 2.51. The second kappa shape index (κ2) is 14.3. The fourth-order valence-corrected chi connectivity index (χ4v) is 11.4. The fraction of sp³-hybridized carbons (Fsp3) is 0.0645. The molecule has 64 heavy (non-hydrogen) atoms. The molecule has 0 bridgehead atoms. The lowest BCUT2D eigenvalue weighted by atomic mass is 9.70. The molecule has 1 aliphatic heterocycles. The Morgan fingerprint density at radius 1 is 0.344 bits per heavy atom. The molecule has 1 heterocycles. The van der Waals surface area contributed by atoms with Crippen molar-refractivity contribution in [1.29, 1.82) is 0 Å². The first-order valence-corrected chi connectivity index (χ1v) is 22.5. The third-order valence-corrected chi connectivity index (χ3v) is 14.2. The lowest BCUT2D eigenvalue weighted by Crippen LogP contribution is -2.25. The first-order chi connectivity index (χ1) is 31.7. The van der Waals surface area contributed by atoms with Crippen LogP contribution in [0.15, 0.2) is 228 Å². The fourth-order valence-electron chi connectivity index (χ4n) is 11.4. The van der Waals surface area contributed by atoms with Crippen LogP contribution in [-0.4, -0.2) is 11.5 Å². The average molecular weight is 815 g/mol. The summed E-state index contributed by atoms with van der Waals surface area (Å²) in [6, 6.07) is 78.3. The molecule has 10 aromatic rings. The number of rotatable bonds is 4. The van der Waals surface area contributed by atoms with Gasteiger partial charge >= 0.3 is 0 Å². The topological polar surface area (TPSA) is 24.7 Å². The second-order valence-electron chi connectivity index (χ2n) is 17.5. The Kier molecular flexibility index (Phi) is 8.20. The largest absolute Gasteiger partial charge is 0.232 e. The number of allylic oxidation sites excluding steroid dienone is 1. The van der Waals surface area contributed by atoms with Crippen LogP contribution in [0.5, 0.6) is 0 Å². The van der Waals surface area contributed by atoms with Crippen molar-refractivity contribution in [2.24, 2.45) is 9.98 Å². The Bertz CT molecular complexity index is 3600. The van der Waals surface area contributed by atoms with Crippen LogP contribution in [0.1, 0.15) is 58.7 Å². The normalized spacial score (nSPS) is 15.9. The molecule has 0 saturated carbocycles. The SMILES string of the molecule is C/C1=C(/c2ccc3c4ccccc4c4cccc(-c5ccc6c(c5)C5(c7ccccc7-c7ccccc75)c5ccccc5-6)c4c3c2)N=C(c2ccccc2)N=C(c2ccccc2)CC1. The van der Waals surface area contributed by atoms with Gasteiger partial charge in [0.15, 0.2) is 5.84 Å². The molecule has 0 aromatic heterocycles. The number of fused-ring (bicyclic) bond motifs is 16. The highest BCUT2D eigenvalue weighted by Crippen LogP contribution is 2.63. The minimum absolute atomic E-state index is 0.416. The molecule has 300 valence electrons. The van der Waals surface area contributed by atoms with Gasteiger partial charge in [0.25, 0.3) is 0 Å². The quantitative estimate of drug-likeness (QED) is 0.158. The van der Waals surface area contributed by atoms with Crippen molar-refractivity contribution in [3.63, 3.8) is 0 Å². The first kappa shape index (κ1) is 36.7. The summed E-state index contributed by atoms with van der Waals surface area (Å²) in [5.41, 5.74) is 19.3. The van der Waals surface area contributed by atoms with Gasteiger partial charge in [-0.2, -0.15) is 0 Å². The molecule has 2 aliphatic carbocycles. The predicted octanol–water partition coefficient (Wildman–Crippen LogP) is 15.6. The number of nitrogens with zero attached hydrogens (tertiary/aromatic N) is 2. The molecule has 0 radical (unpaired) electrons. The second-order valence-corrected chi connectivity index (χ2v) is 17.5. The Morgan fingerprint density at radius 2 is 0.859 bits per heavy atom. The van der Waals surface area contributed by atoms with E-state index in [9.17, 15) is 0 Å². The molecule has 0 N–H and O–H groups in total. The van der Waals surface area contributed by atoms with Gasteiger partial charge in [0, 0.05) is 11.1 Å². The van der Waals surface area contributed by atoms with Crippen molar-refractivity contribution < 1.29 is 0 Å². The average Bonchev–Trinajstić information content (AvgIpc) is 3.83. The van der Waals surface area contributed by atoms with Crippen LogP contribution in [0.2, 0.25) is 0 Å². The maximum Gasteiger partial charge on any atom is 0.160 e. The lowest BCUT2D eigenvalue weighted by Gasteiger charge is -2.30. The van der Waals surface area contributed by atoms with E-state index in [4.69, 9.17) is 9.98 Å². The van der Waals surface area contributed by atoms with Gasteiger partial charge in [-0.05, 0) is 131 Å². The van der Waals surface area contributed by atoms with Crippen molar-refractivity contribution >= 4 is 49.6 Å². The number of aliphatic imine (C=N–C) groups is 2. The summed E-state index contributed by atoms with van der Waals surface area (Å²) >= 11 is 0. The molecular weight excluding hydrogens is 773 g/mol. The molecule has 3 aliphatic rings. The van der Waals surface area contributed by atoms with Crippen molar-refractivity contribution in [2.75, 3.05) is 0 Å². The highest BCUT2D eigenvalue weighted by molar-refractivity contribution is 6.29. The van der Waals surface area contributed by atoms with Crippen molar-refractivity contribution in [2.45, 2.75) is 25.2 Å². The number of hydrogen-bond donors (Lipinski definition) is 0. The van der Waals surface area contributed by atoms with Gasteiger partial charge in [-0.3, -0.25) is 0 Å². The zero-order valence-electron chi connectivity index (χ0n) is 35.5. The zero-order valence-corrected chi connectivity index (χ0v) is 35.5. The number of benzene rings is 10. The minimum atomic E-state index is -0.416. The van der Waals surface area contributed by atoms with Gasteiger partial charge in [-0.25, -0.2) is 9.98 Å². The van der Waals surface area contributed by atoms with Crippen LogP contribution in [0.3, 0.4) is 0 Å². The minimum Gasteiger partial charge on any atom is -0.232 e. The van der Waals surface area contributed by atoms with Crippen LogP contribution in [0, 0.1) is 0 Å². The van der Waals surface area contributed by atoms with Crippen molar-refractivity contribution in [3.8, 4) is 33.4 Å². The summed E-state index contributed by atoms with van der Waals surface area (Å²) in [4.78, 5) is 10.8. The molecule has 1 spiro atoms. The molecule has 0 fully saturated rings. The van der Waals surface area contributed by atoms with E-state index >= 15 is 0 Å². The molecule has 13 rings (SSSR count). The van der Waals surface area contributed by atoms with Gasteiger partial charge in [-0.1, -0.05) is 200 Å². The Hall–Kier alpha value is -7.94.